The Kier molecular flexibility index (Phi) is 5.55. The van der Waals surface area contributed by atoms with E-state index in [1.54, 1.807) is 61.7 Å². The molecule has 3 aromatic carbocycles. The molecule has 4 rings (SSSR count). The molecule has 0 atom stereocenters. The first-order valence-corrected chi connectivity index (χ1v) is 9.58. The van der Waals surface area contributed by atoms with E-state index < -0.39 is 5.97 Å². The van der Waals surface area contributed by atoms with Crippen molar-refractivity contribution in [3.63, 3.8) is 0 Å². The summed E-state index contributed by atoms with van der Waals surface area (Å²) in [5, 5.41) is 0.519. The summed E-state index contributed by atoms with van der Waals surface area (Å²) in [4.78, 5) is 24.8. The second kappa shape index (κ2) is 8.43. The molecule has 5 nitrogen and oxygen atoms in total. The highest BCUT2D eigenvalue weighted by Gasteiger charge is 2.28. The van der Waals surface area contributed by atoms with Crippen LogP contribution in [-0.4, -0.2) is 18.9 Å². The zero-order valence-electron chi connectivity index (χ0n) is 16.1. The van der Waals surface area contributed by atoms with Crippen LogP contribution in [0.15, 0.2) is 72.5 Å². The Hall–Kier alpha value is -3.57. The third kappa shape index (κ3) is 4.21. The Morgan fingerprint density at radius 1 is 1.03 bits per heavy atom. The largest absolute Gasteiger partial charge is 0.497 e. The number of fused-ring (bicyclic) bond motifs is 1. The lowest BCUT2D eigenvalue weighted by molar-refractivity contribution is -0.133. The Labute approximate surface area is 178 Å². The molecule has 0 aliphatic carbocycles. The molecule has 6 heteroatoms. The molecule has 0 unspecified atom stereocenters. The molecule has 1 aliphatic heterocycles. The monoisotopic (exact) mass is 420 g/mol. The quantitative estimate of drug-likeness (QED) is 0.326. The number of carbonyl (C=O) groups is 2. The molecule has 0 aromatic heterocycles. The number of carbonyl (C=O) groups excluding carboxylic acids is 2. The van der Waals surface area contributed by atoms with Crippen molar-refractivity contribution in [2.24, 2.45) is 0 Å². The Morgan fingerprint density at radius 3 is 2.50 bits per heavy atom. The van der Waals surface area contributed by atoms with Gasteiger partial charge in [0.25, 0.3) is 0 Å². The van der Waals surface area contributed by atoms with Gasteiger partial charge in [0.05, 0.1) is 19.1 Å². The highest BCUT2D eigenvalue weighted by Crippen LogP contribution is 2.35. The van der Waals surface area contributed by atoms with Crippen LogP contribution in [0.5, 0.6) is 17.2 Å². The highest BCUT2D eigenvalue weighted by atomic mass is 35.5. The first-order chi connectivity index (χ1) is 14.5. The van der Waals surface area contributed by atoms with Gasteiger partial charge in [-0.15, -0.1) is 0 Å². The SMILES string of the molecule is COc1ccc(CC(=O)Oc2ccc3c(c2)O/C(=C\c2ccccc2Cl)C3=O)cc1. The van der Waals surface area contributed by atoms with Crippen molar-refractivity contribution < 1.29 is 23.8 Å². The fourth-order valence-corrected chi connectivity index (χ4v) is 3.23. The van der Waals surface area contributed by atoms with Crippen molar-refractivity contribution in [1.82, 2.24) is 0 Å². The van der Waals surface area contributed by atoms with Crippen LogP contribution in [0.2, 0.25) is 5.02 Å². The molecule has 150 valence electrons. The summed E-state index contributed by atoms with van der Waals surface area (Å²) in [6.07, 6.45) is 1.71. The average molecular weight is 421 g/mol. The van der Waals surface area contributed by atoms with Crippen LogP contribution in [0, 0.1) is 0 Å². The normalized spacial score (nSPS) is 13.7. The van der Waals surface area contributed by atoms with E-state index in [2.05, 4.69) is 0 Å². The van der Waals surface area contributed by atoms with Gasteiger partial charge in [0.15, 0.2) is 5.76 Å². The number of hydrogen-bond acceptors (Lipinski definition) is 5. The lowest BCUT2D eigenvalue weighted by atomic mass is 10.1. The van der Waals surface area contributed by atoms with Gasteiger partial charge in [0.2, 0.25) is 5.78 Å². The molecule has 0 fully saturated rings. The third-order valence-corrected chi connectivity index (χ3v) is 4.92. The molecular formula is C24H17ClO5. The Balaban J connectivity index is 1.47. The predicted molar refractivity (Wildman–Crippen MR) is 113 cm³/mol. The van der Waals surface area contributed by atoms with Gasteiger partial charge < -0.3 is 14.2 Å². The maximum absolute atomic E-state index is 12.6. The number of esters is 1. The molecule has 0 spiro atoms. The van der Waals surface area contributed by atoms with Crippen LogP contribution in [0.3, 0.4) is 0 Å². The molecule has 0 bridgehead atoms. The van der Waals surface area contributed by atoms with Gasteiger partial charge in [-0.1, -0.05) is 41.9 Å². The maximum Gasteiger partial charge on any atom is 0.315 e. The van der Waals surface area contributed by atoms with Crippen LogP contribution in [0.4, 0.5) is 0 Å². The van der Waals surface area contributed by atoms with E-state index >= 15 is 0 Å². The van der Waals surface area contributed by atoms with Crippen molar-refractivity contribution in [2.75, 3.05) is 7.11 Å². The lowest BCUT2D eigenvalue weighted by Crippen LogP contribution is -2.11. The Morgan fingerprint density at radius 2 is 1.77 bits per heavy atom. The van der Waals surface area contributed by atoms with E-state index in [0.717, 1.165) is 5.56 Å². The van der Waals surface area contributed by atoms with E-state index in [-0.39, 0.29) is 18.0 Å². The topological polar surface area (TPSA) is 61.8 Å². The van der Waals surface area contributed by atoms with E-state index in [0.29, 0.717) is 33.4 Å². The predicted octanol–water partition coefficient (Wildman–Crippen LogP) is 5.11. The summed E-state index contributed by atoms with van der Waals surface area (Å²) in [6.45, 7) is 0. The number of benzene rings is 3. The molecule has 0 saturated carbocycles. The van der Waals surface area contributed by atoms with Gasteiger partial charge in [-0.2, -0.15) is 0 Å². The molecular weight excluding hydrogens is 404 g/mol. The van der Waals surface area contributed by atoms with Crippen LogP contribution in [0.25, 0.3) is 6.08 Å². The average Bonchev–Trinajstić information content (AvgIpc) is 3.05. The molecule has 0 radical (unpaired) electrons. The van der Waals surface area contributed by atoms with Gasteiger partial charge >= 0.3 is 5.97 Å². The van der Waals surface area contributed by atoms with Crippen LogP contribution >= 0.6 is 11.6 Å². The van der Waals surface area contributed by atoms with E-state index in [1.165, 1.54) is 6.07 Å². The van der Waals surface area contributed by atoms with Crippen molar-refractivity contribution >= 4 is 29.4 Å². The molecule has 0 N–H and O–H groups in total. The van der Waals surface area contributed by atoms with Crippen molar-refractivity contribution in [2.45, 2.75) is 6.42 Å². The summed E-state index contributed by atoms with van der Waals surface area (Å²) in [7, 11) is 1.58. The van der Waals surface area contributed by atoms with Crippen molar-refractivity contribution in [1.29, 1.82) is 0 Å². The minimum atomic E-state index is -0.420. The second-order valence-corrected chi connectivity index (χ2v) is 7.03. The molecule has 0 saturated heterocycles. The summed E-state index contributed by atoms with van der Waals surface area (Å²) in [5.74, 6) is 0.859. The van der Waals surface area contributed by atoms with Gasteiger partial charge in [0, 0.05) is 11.1 Å². The van der Waals surface area contributed by atoms with E-state index in [4.69, 9.17) is 25.8 Å². The summed E-state index contributed by atoms with van der Waals surface area (Å²) in [5.41, 5.74) is 1.89. The second-order valence-electron chi connectivity index (χ2n) is 6.62. The minimum Gasteiger partial charge on any atom is -0.497 e. The molecule has 3 aromatic rings. The molecule has 30 heavy (non-hydrogen) atoms. The fourth-order valence-electron chi connectivity index (χ4n) is 3.04. The Bertz CT molecular complexity index is 1150. The maximum atomic E-state index is 12.6. The first-order valence-electron chi connectivity index (χ1n) is 9.20. The zero-order valence-corrected chi connectivity index (χ0v) is 16.8. The van der Waals surface area contributed by atoms with Gasteiger partial charge in [-0.3, -0.25) is 9.59 Å². The molecule has 1 heterocycles. The highest BCUT2D eigenvalue weighted by molar-refractivity contribution is 6.32. The number of ketones is 1. The fraction of sp³-hybridized carbons (Fsp3) is 0.0833. The van der Waals surface area contributed by atoms with E-state index in [9.17, 15) is 9.59 Å². The van der Waals surface area contributed by atoms with Crippen LogP contribution < -0.4 is 14.2 Å². The van der Waals surface area contributed by atoms with Crippen LogP contribution in [-0.2, 0) is 11.2 Å². The minimum absolute atomic E-state index is 0.110. The molecule has 0 amide bonds. The standard InChI is InChI=1S/C24H17ClO5/c1-28-17-8-6-15(7-9-17)12-23(26)29-18-10-11-19-21(14-18)30-22(24(19)27)13-16-4-2-3-5-20(16)25/h2-11,13-14H,12H2,1H3/b22-13-. The smallest absolute Gasteiger partial charge is 0.315 e. The van der Waals surface area contributed by atoms with Crippen molar-refractivity contribution in [3.05, 3.63) is 94.2 Å². The van der Waals surface area contributed by atoms with Crippen molar-refractivity contribution in [3.8, 4) is 17.2 Å². The number of allylic oxidation sites excluding steroid dienone is 1. The zero-order chi connectivity index (χ0) is 21.1. The summed E-state index contributed by atoms with van der Waals surface area (Å²) >= 11 is 6.15. The van der Waals surface area contributed by atoms with E-state index in [1.807, 2.05) is 12.1 Å². The van der Waals surface area contributed by atoms with Gasteiger partial charge in [0.1, 0.15) is 17.2 Å². The summed E-state index contributed by atoms with van der Waals surface area (Å²) < 4.78 is 16.2. The third-order valence-electron chi connectivity index (χ3n) is 4.57. The number of hydrogen-bond donors (Lipinski definition) is 0. The number of halogens is 1. The first kappa shape index (κ1) is 19.7. The molecule has 1 aliphatic rings. The van der Waals surface area contributed by atoms with Gasteiger partial charge in [-0.25, -0.2) is 0 Å². The number of Topliss-reactive ketones (excluding diaryl/α,β-unsaturated/α-hetero) is 1. The number of rotatable bonds is 5. The number of methoxy groups -OCH3 is 1. The van der Waals surface area contributed by atoms with Gasteiger partial charge in [-0.05, 0) is 47.5 Å². The summed E-state index contributed by atoms with van der Waals surface area (Å²) in [6, 6.07) is 19.0. The van der Waals surface area contributed by atoms with Crippen LogP contribution in [0.1, 0.15) is 21.5 Å². The number of ether oxygens (including phenoxy) is 3. The lowest BCUT2D eigenvalue weighted by Gasteiger charge is -2.06.